The average molecular weight is 217 g/mol. The molecule has 1 aromatic rings. The topological polar surface area (TPSA) is 26.3 Å². The molecule has 2 nitrogen and oxygen atoms in total. The fourth-order valence-electron chi connectivity index (χ4n) is 1.17. The highest BCUT2D eigenvalue weighted by Crippen LogP contribution is 2.26. The van der Waals surface area contributed by atoms with E-state index in [2.05, 4.69) is 0 Å². The molecule has 0 saturated carbocycles. The molecular weight excluding hydrogens is 207 g/mol. The Morgan fingerprint density at radius 3 is 2.71 bits per heavy atom. The first kappa shape index (κ1) is 11.0. The van der Waals surface area contributed by atoms with E-state index in [-0.39, 0.29) is 17.2 Å². The molecule has 76 valence electrons. The van der Waals surface area contributed by atoms with Crippen molar-refractivity contribution in [1.82, 2.24) is 0 Å². The number of rotatable bonds is 3. The molecule has 0 heterocycles. The van der Waals surface area contributed by atoms with Gasteiger partial charge in [-0.15, -0.1) is 0 Å². The van der Waals surface area contributed by atoms with Crippen molar-refractivity contribution in [3.8, 4) is 5.75 Å². The summed E-state index contributed by atoms with van der Waals surface area (Å²) in [6.45, 7) is 1.46. The number of Topliss-reactive ketones (excluding diaryl/α,β-unsaturated/α-hetero) is 1. The van der Waals surface area contributed by atoms with E-state index in [1.54, 1.807) is 0 Å². The molecule has 0 bridgehead atoms. The molecule has 1 rings (SSSR count). The number of methoxy groups -OCH3 is 1. The van der Waals surface area contributed by atoms with Crippen LogP contribution in [0.25, 0.3) is 0 Å². The number of carbonyl (C=O) groups excluding carboxylic acids is 1. The van der Waals surface area contributed by atoms with E-state index in [1.165, 1.54) is 26.2 Å². The first-order valence-corrected chi connectivity index (χ1v) is 4.43. The number of ether oxygens (including phenoxy) is 1. The third-order valence-corrected chi connectivity index (χ3v) is 2.05. The molecule has 0 aliphatic carbocycles. The van der Waals surface area contributed by atoms with Gasteiger partial charge in [0.05, 0.1) is 12.1 Å². The van der Waals surface area contributed by atoms with Gasteiger partial charge < -0.3 is 4.74 Å². The van der Waals surface area contributed by atoms with Crippen LogP contribution in [-0.2, 0) is 11.2 Å². The van der Waals surface area contributed by atoms with Gasteiger partial charge in [-0.1, -0.05) is 11.6 Å². The molecule has 14 heavy (non-hydrogen) atoms. The molecule has 0 fully saturated rings. The highest BCUT2D eigenvalue weighted by molar-refractivity contribution is 6.30. The minimum atomic E-state index is -0.546. The van der Waals surface area contributed by atoms with Gasteiger partial charge in [-0.3, -0.25) is 4.79 Å². The van der Waals surface area contributed by atoms with Crippen LogP contribution in [0.5, 0.6) is 5.75 Å². The normalized spacial score (nSPS) is 10.0. The van der Waals surface area contributed by atoms with Crippen LogP contribution >= 0.6 is 11.6 Å². The maximum Gasteiger partial charge on any atom is 0.145 e. The lowest BCUT2D eigenvalue weighted by Gasteiger charge is -2.07. The van der Waals surface area contributed by atoms with E-state index in [4.69, 9.17) is 16.3 Å². The van der Waals surface area contributed by atoms with E-state index < -0.39 is 5.82 Å². The fourth-order valence-corrected chi connectivity index (χ4v) is 1.35. The number of hydrogen-bond donors (Lipinski definition) is 0. The van der Waals surface area contributed by atoms with Gasteiger partial charge >= 0.3 is 0 Å². The number of ketones is 1. The molecule has 0 N–H and O–H groups in total. The number of halogens is 2. The first-order valence-electron chi connectivity index (χ1n) is 4.06. The van der Waals surface area contributed by atoms with E-state index in [0.29, 0.717) is 11.3 Å². The molecule has 0 atom stereocenters. The second-order valence-corrected chi connectivity index (χ2v) is 3.36. The van der Waals surface area contributed by atoms with Crippen LogP contribution in [0.1, 0.15) is 12.5 Å². The van der Waals surface area contributed by atoms with E-state index in [9.17, 15) is 9.18 Å². The van der Waals surface area contributed by atoms with Gasteiger partial charge in [0.2, 0.25) is 0 Å². The average Bonchev–Trinajstić information content (AvgIpc) is 2.10. The van der Waals surface area contributed by atoms with Crippen LogP contribution < -0.4 is 4.74 Å². The second kappa shape index (κ2) is 4.42. The van der Waals surface area contributed by atoms with Crippen LogP contribution in [0.3, 0.4) is 0 Å². The molecule has 0 aliphatic rings. The SMILES string of the molecule is COc1cc(F)c(Cl)cc1CC(C)=O. The first-order chi connectivity index (χ1) is 6.54. The summed E-state index contributed by atoms with van der Waals surface area (Å²) in [7, 11) is 1.42. The third-order valence-electron chi connectivity index (χ3n) is 1.76. The zero-order valence-electron chi connectivity index (χ0n) is 7.93. The third kappa shape index (κ3) is 2.45. The Hall–Kier alpha value is -1.09. The highest BCUT2D eigenvalue weighted by atomic mass is 35.5. The predicted molar refractivity (Wildman–Crippen MR) is 52.3 cm³/mol. The van der Waals surface area contributed by atoms with E-state index in [1.807, 2.05) is 0 Å². The summed E-state index contributed by atoms with van der Waals surface area (Å²) in [6, 6.07) is 2.59. The largest absolute Gasteiger partial charge is 0.496 e. The van der Waals surface area contributed by atoms with Crippen LogP contribution in [0.2, 0.25) is 5.02 Å². The van der Waals surface area contributed by atoms with Crippen molar-refractivity contribution in [3.63, 3.8) is 0 Å². The minimum absolute atomic E-state index is 0.00190. The standard InChI is InChI=1S/C10H10ClFO2/c1-6(13)3-7-4-8(11)9(12)5-10(7)14-2/h4-5H,3H2,1-2H3. The van der Waals surface area contributed by atoms with Gasteiger partial charge in [0.25, 0.3) is 0 Å². The monoisotopic (exact) mass is 216 g/mol. The smallest absolute Gasteiger partial charge is 0.145 e. The zero-order valence-corrected chi connectivity index (χ0v) is 8.69. The van der Waals surface area contributed by atoms with Crippen LogP contribution in [-0.4, -0.2) is 12.9 Å². The maximum absolute atomic E-state index is 13.0. The molecule has 0 saturated heterocycles. The van der Waals surface area contributed by atoms with Gasteiger partial charge in [-0.2, -0.15) is 0 Å². The van der Waals surface area contributed by atoms with Gasteiger partial charge in [0.1, 0.15) is 17.3 Å². The second-order valence-electron chi connectivity index (χ2n) is 2.96. The van der Waals surface area contributed by atoms with Crippen molar-refractivity contribution in [3.05, 3.63) is 28.5 Å². The number of hydrogen-bond acceptors (Lipinski definition) is 2. The molecule has 0 unspecified atom stereocenters. The summed E-state index contributed by atoms with van der Waals surface area (Å²) >= 11 is 5.58. The Morgan fingerprint density at radius 1 is 1.57 bits per heavy atom. The Morgan fingerprint density at radius 2 is 2.21 bits per heavy atom. The fraction of sp³-hybridized carbons (Fsp3) is 0.300. The van der Waals surface area contributed by atoms with Crippen LogP contribution in [0.15, 0.2) is 12.1 Å². The Balaban J connectivity index is 3.13. The Kier molecular flexibility index (Phi) is 3.47. The molecule has 1 aromatic carbocycles. The van der Waals surface area contributed by atoms with Gasteiger partial charge in [-0.05, 0) is 13.0 Å². The predicted octanol–water partition coefficient (Wildman–Crippen LogP) is 2.62. The van der Waals surface area contributed by atoms with Crippen molar-refractivity contribution in [2.75, 3.05) is 7.11 Å². The molecule has 4 heteroatoms. The maximum atomic E-state index is 13.0. The number of benzene rings is 1. The van der Waals surface area contributed by atoms with Gasteiger partial charge in [0.15, 0.2) is 0 Å². The molecule has 0 radical (unpaired) electrons. The summed E-state index contributed by atoms with van der Waals surface area (Å²) in [5, 5.41) is 0.00190. The van der Waals surface area contributed by atoms with Gasteiger partial charge in [-0.25, -0.2) is 4.39 Å². The van der Waals surface area contributed by atoms with Gasteiger partial charge in [0, 0.05) is 18.1 Å². The van der Waals surface area contributed by atoms with E-state index >= 15 is 0 Å². The minimum Gasteiger partial charge on any atom is -0.496 e. The number of carbonyl (C=O) groups is 1. The Labute approximate surface area is 86.6 Å². The zero-order chi connectivity index (χ0) is 10.7. The van der Waals surface area contributed by atoms with Crippen LogP contribution in [0.4, 0.5) is 4.39 Å². The molecule has 0 aliphatic heterocycles. The molecule has 0 amide bonds. The highest BCUT2D eigenvalue weighted by Gasteiger charge is 2.10. The summed E-state index contributed by atoms with van der Waals surface area (Å²) in [5.41, 5.74) is 0.603. The lowest BCUT2D eigenvalue weighted by Crippen LogP contribution is -2.00. The molecule has 0 aromatic heterocycles. The van der Waals surface area contributed by atoms with Crippen molar-refractivity contribution in [2.45, 2.75) is 13.3 Å². The van der Waals surface area contributed by atoms with Crippen molar-refractivity contribution in [2.24, 2.45) is 0 Å². The lowest BCUT2D eigenvalue weighted by molar-refractivity contribution is -0.116. The summed E-state index contributed by atoms with van der Waals surface area (Å²) in [4.78, 5) is 10.9. The molecule has 0 spiro atoms. The summed E-state index contributed by atoms with van der Waals surface area (Å²) in [6.07, 6.45) is 0.198. The quantitative estimate of drug-likeness (QED) is 0.777. The van der Waals surface area contributed by atoms with E-state index in [0.717, 1.165) is 0 Å². The summed E-state index contributed by atoms with van der Waals surface area (Å²) < 4.78 is 17.9. The Bertz CT molecular complexity index is 363. The summed E-state index contributed by atoms with van der Waals surface area (Å²) in [5.74, 6) is -0.219. The molecular formula is C10H10ClFO2. The van der Waals surface area contributed by atoms with Crippen LogP contribution in [0, 0.1) is 5.82 Å². The van der Waals surface area contributed by atoms with Crippen molar-refractivity contribution >= 4 is 17.4 Å². The van der Waals surface area contributed by atoms with Crippen molar-refractivity contribution in [1.29, 1.82) is 0 Å². The lowest BCUT2D eigenvalue weighted by atomic mass is 10.1. The van der Waals surface area contributed by atoms with Crippen molar-refractivity contribution < 1.29 is 13.9 Å².